The normalized spacial score (nSPS) is 11.0. The minimum Gasteiger partial charge on any atom is -0.315 e. The van der Waals surface area contributed by atoms with Crippen LogP contribution in [0.15, 0.2) is 71.7 Å². The van der Waals surface area contributed by atoms with E-state index < -0.39 is 0 Å². The van der Waals surface area contributed by atoms with Crippen LogP contribution in [-0.4, -0.2) is 20.4 Å². The van der Waals surface area contributed by atoms with Gasteiger partial charge >= 0.3 is 0 Å². The fraction of sp³-hybridized carbons (Fsp3) is 0.208. The van der Waals surface area contributed by atoms with E-state index >= 15 is 0 Å². The second-order valence-corrected chi connectivity index (χ2v) is 8.85. The Morgan fingerprint density at radius 1 is 1.19 bits per heavy atom. The van der Waals surface area contributed by atoms with E-state index in [9.17, 15) is 4.79 Å². The van der Waals surface area contributed by atoms with Gasteiger partial charge in [0.05, 0.1) is 22.4 Å². The number of carbonyl (C=O) groups is 1. The van der Waals surface area contributed by atoms with E-state index in [2.05, 4.69) is 36.3 Å². The van der Waals surface area contributed by atoms with Crippen LogP contribution in [0.4, 0.5) is 10.8 Å². The van der Waals surface area contributed by atoms with Crippen molar-refractivity contribution in [2.24, 2.45) is 0 Å². The summed E-state index contributed by atoms with van der Waals surface area (Å²) in [5.41, 5.74) is 5.09. The van der Waals surface area contributed by atoms with Gasteiger partial charge in [0.2, 0.25) is 5.91 Å². The zero-order valence-corrected chi connectivity index (χ0v) is 19.2. The summed E-state index contributed by atoms with van der Waals surface area (Å²) in [4.78, 5) is 23.6. The zero-order chi connectivity index (χ0) is 21.8. The molecule has 7 heteroatoms. The van der Waals surface area contributed by atoms with Crippen molar-refractivity contribution in [3.63, 3.8) is 0 Å². The lowest BCUT2D eigenvalue weighted by molar-refractivity contribution is -0.115. The maximum atomic E-state index is 12.4. The lowest BCUT2D eigenvalue weighted by atomic mass is 10.1. The van der Waals surface area contributed by atoms with Crippen LogP contribution in [0.1, 0.15) is 25.1 Å². The zero-order valence-electron chi connectivity index (χ0n) is 17.6. The summed E-state index contributed by atoms with van der Waals surface area (Å²) in [6.07, 6.45) is 2.85. The van der Waals surface area contributed by atoms with Gasteiger partial charge in [0.1, 0.15) is 0 Å². The van der Waals surface area contributed by atoms with Gasteiger partial charge in [0.15, 0.2) is 10.3 Å². The molecule has 0 atom stereocenters. The Bertz CT molecular complexity index is 1210. The molecule has 4 rings (SSSR count). The summed E-state index contributed by atoms with van der Waals surface area (Å²) < 4.78 is 2.16. The molecular weight excluding hydrogens is 424 g/mol. The second-order valence-electron chi connectivity index (χ2n) is 7.07. The van der Waals surface area contributed by atoms with Crippen molar-refractivity contribution >= 4 is 50.9 Å². The summed E-state index contributed by atoms with van der Waals surface area (Å²) >= 11 is 3.13. The van der Waals surface area contributed by atoms with Crippen LogP contribution in [-0.2, 0) is 23.5 Å². The number of para-hydroxylation sites is 2. The lowest BCUT2D eigenvalue weighted by Crippen LogP contribution is -2.22. The quantitative estimate of drug-likeness (QED) is 0.237. The number of carbonyl (C=O) groups excluding carboxylic acids is 1. The molecular formula is C24H24N4OS2. The average Bonchev–Trinajstić information content (AvgIpc) is 3.38. The molecule has 1 amide bonds. The Morgan fingerprint density at radius 3 is 2.68 bits per heavy atom. The van der Waals surface area contributed by atoms with E-state index in [0.29, 0.717) is 17.4 Å². The molecule has 0 saturated carbocycles. The molecule has 0 fully saturated rings. The summed E-state index contributed by atoms with van der Waals surface area (Å²) in [7, 11) is 0. The molecule has 2 heterocycles. The van der Waals surface area contributed by atoms with Gasteiger partial charge in [0.25, 0.3) is 0 Å². The molecule has 31 heavy (non-hydrogen) atoms. The molecule has 158 valence electrons. The molecule has 4 aromatic rings. The molecule has 0 spiro atoms. The molecule has 0 bridgehead atoms. The smallest absolute Gasteiger partial charge is 0.230 e. The van der Waals surface area contributed by atoms with Crippen molar-refractivity contribution in [3.05, 3.63) is 77.8 Å². The fourth-order valence-corrected chi connectivity index (χ4v) is 5.29. The Hall–Kier alpha value is -2.90. The van der Waals surface area contributed by atoms with Crippen LogP contribution in [0.25, 0.3) is 11.0 Å². The Balaban J connectivity index is 1.54. The number of benzene rings is 2. The highest BCUT2D eigenvalue weighted by atomic mass is 32.2. The van der Waals surface area contributed by atoms with Gasteiger partial charge in [0, 0.05) is 24.6 Å². The number of thiazole rings is 1. The third-order valence-corrected chi connectivity index (χ3v) is 6.81. The Morgan fingerprint density at radius 2 is 1.97 bits per heavy atom. The summed E-state index contributed by atoms with van der Waals surface area (Å²) in [6, 6.07) is 16.2. The van der Waals surface area contributed by atoms with Gasteiger partial charge in [-0.15, -0.1) is 17.9 Å². The molecule has 0 radical (unpaired) electrons. The van der Waals surface area contributed by atoms with Gasteiger partial charge in [-0.05, 0) is 36.2 Å². The van der Waals surface area contributed by atoms with E-state index in [1.165, 1.54) is 16.9 Å². The molecule has 0 unspecified atom stereocenters. The van der Waals surface area contributed by atoms with E-state index in [0.717, 1.165) is 34.0 Å². The highest BCUT2D eigenvalue weighted by Crippen LogP contribution is 2.32. The van der Waals surface area contributed by atoms with Gasteiger partial charge in [-0.1, -0.05) is 49.0 Å². The van der Waals surface area contributed by atoms with Crippen molar-refractivity contribution in [2.75, 3.05) is 4.90 Å². The predicted octanol–water partition coefficient (Wildman–Crippen LogP) is 6.22. The summed E-state index contributed by atoms with van der Waals surface area (Å²) in [5.74, 6) is 0.628. The number of amides is 1. The minimum absolute atomic E-state index is 0.0504. The van der Waals surface area contributed by atoms with Crippen LogP contribution < -0.4 is 4.90 Å². The molecule has 0 aliphatic heterocycles. The molecule has 0 aliphatic carbocycles. The summed E-state index contributed by atoms with van der Waals surface area (Å²) in [5, 5.41) is 3.64. The maximum Gasteiger partial charge on any atom is 0.230 e. The van der Waals surface area contributed by atoms with Crippen molar-refractivity contribution in [1.82, 2.24) is 14.5 Å². The highest BCUT2D eigenvalue weighted by Gasteiger charge is 2.18. The number of aryl methyl sites for hydroxylation is 1. The van der Waals surface area contributed by atoms with Gasteiger partial charge in [-0.25, -0.2) is 9.97 Å². The van der Waals surface area contributed by atoms with Crippen LogP contribution in [0.2, 0.25) is 0 Å². The minimum atomic E-state index is -0.0504. The van der Waals surface area contributed by atoms with Crippen molar-refractivity contribution in [1.29, 1.82) is 0 Å². The SMILES string of the molecule is C=CCn1c(SCc2csc(N(C(C)=O)c3ccc(CC)cc3)n2)nc2ccccc21. The largest absolute Gasteiger partial charge is 0.315 e. The number of hydrogen-bond acceptors (Lipinski definition) is 5. The van der Waals surface area contributed by atoms with E-state index in [-0.39, 0.29) is 5.91 Å². The monoisotopic (exact) mass is 448 g/mol. The third-order valence-electron chi connectivity index (χ3n) is 4.93. The first kappa shape index (κ1) is 21.3. The Labute approximate surface area is 190 Å². The van der Waals surface area contributed by atoms with Gasteiger partial charge in [-0.3, -0.25) is 9.69 Å². The third kappa shape index (κ3) is 4.57. The van der Waals surface area contributed by atoms with Crippen LogP contribution in [0.5, 0.6) is 0 Å². The number of anilines is 2. The predicted molar refractivity (Wildman–Crippen MR) is 130 cm³/mol. The standard InChI is InChI=1S/C24H24N4OS2/c1-4-14-27-22-9-7-6-8-21(22)26-23(27)30-15-19-16-31-24(25-19)28(17(3)29)20-12-10-18(5-2)11-13-20/h4,6-13,16H,1,5,14-15H2,2-3H3. The van der Waals surface area contributed by atoms with Crippen molar-refractivity contribution in [3.8, 4) is 0 Å². The van der Waals surface area contributed by atoms with Gasteiger partial charge < -0.3 is 4.57 Å². The van der Waals surface area contributed by atoms with E-state index in [1.54, 1.807) is 23.6 Å². The first-order chi connectivity index (χ1) is 15.1. The maximum absolute atomic E-state index is 12.4. The number of thioether (sulfide) groups is 1. The van der Waals surface area contributed by atoms with Gasteiger partial charge in [-0.2, -0.15) is 0 Å². The van der Waals surface area contributed by atoms with Crippen LogP contribution in [0.3, 0.4) is 0 Å². The van der Waals surface area contributed by atoms with E-state index in [1.807, 2.05) is 41.8 Å². The average molecular weight is 449 g/mol. The molecule has 2 aromatic carbocycles. The first-order valence-corrected chi connectivity index (χ1v) is 12.0. The number of aromatic nitrogens is 3. The van der Waals surface area contributed by atoms with E-state index in [4.69, 9.17) is 9.97 Å². The molecule has 0 aliphatic rings. The first-order valence-electron chi connectivity index (χ1n) is 10.1. The van der Waals surface area contributed by atoms with Crippen LogP contribution >= 0.6 is 23.1 Å². The molecule has 5 nitrogen and oxygen atoms in total. The number of imidazole rings is 1. The molecule has 0 saturated heterocycles. The number of hydrogen-bond donors (Lipinski definition) is 0. The summed E-state index contributed by atoms with van der Waals surface area (Å²) in [6.45, 7) is 8.27. The number of fused-ring (bicyclic) bond motifs is 1. The van der Waals surface area contributed by atoms with Crippen molar-refractivity contribution in [2.45, 2.75) is 37.7 Å². The number of nitrogens with zero attached hydrogens (tertiary/aromatic N) is 4. The fourth-order valence-electron chi connectivity index (χ4n) is 3.38. The van der Waals surface area contributed by atoms with Crippen molar-refractivity contribution < 1.29 is 4.79 Å². The number of rotatable bonds is 8. The lowest BCUT2D eigenvalue weighted by Gasteiger charge is -2.18. The Kier molecular flexibility index (Phi) is 6.53. The second kappa shape index (κ2) is 9.49. The highest BCUT2D eigenvalue weighted by molar-refractivity contribution is 7.98. The number of allylic oxidation sites excluding steroid dienone is 1. The topological polar surface area (TPSA) is 51.0 Å². The molecule has 2 aromatic heterocycles. The molecule has 0 N–H and O–H groups in total. The van der Waals surface area contributed by atoms with Crippen LogP contribution in [0, 0.1) is 0 Å².